The minimum Gasteiger partial charge on any atom is -0.466 e. The van der Waals surface area contributed by atoms with Crippen LogP contribution in [0, 0.1) is 11.7 Å². The number of ether oxygens (including phenoxy) is 1. The van der Waals surface area contributed by atoms with Gasteiger partial charge >= 0.3 is 5.97 Å². The first-order valence-electron chi connectivity index (χ1n) is 11.7. The summed E-state index contributed by atoms with van der Waals surface area (Å²) in [5.41, 5.74) is 1.10. The molecule has 5 rings (SSSR count). The number of thiazole rings is 1. The largest absolute Gasteiger partial charge is 0.466 e. The lowest BCUT2D eigenvalue weighted by atomic mass is 9.94. The van der Waals surface area contributed by atoms with Crippen molar-refractivity contribution in [1.29, 1.82) is 0 Å². The van der Waals surface area contributed by atoms with Crippen LogP contribution in [-0.4, -0.2) is 80.0 Å². The predicted octanol–water partition coefficient (Wildman–Crippen LogP) is 2.33. The molecular weight excluding hydrogens is 557 g/mol. The normalized spacial score (nSPS) is 25.2. The van der Waals surface area contributed by atoms with Crippen LogP contribution < -0.4 is 4.72 Å². The highest BCUT2D eigenvalue weighted by molar-refractivity contribution is 7.89. The maximum absolute atomic E-state index is 13.9. The fourth-order valence-corrected chi connectivity index (χ4v) is 6.64. The van der Waals surface area contributed by atoms with E-state index in [0.717, 1.165) is 18.7 Å². The van der Waals surface area contributed by atoms with Crippen LogP contribution >= 0.6 is 22.9 Å². The molecule has 3 heterocycles. The maximum atomic E-state index is 13.9. The number of rotatable bonds is 7. The Morgan fingerprint density at radius 2 is 2.08 bits per heavy atom. The number of nitrogens with zero attached hydrogens (tertiary/aromatic N) is 4. The van der Waals surface area contributed by atoms with Crippen LogP contribution in [0.3, 0.4) is 0 Å². The number of amides is 1. The van der Waals surface area contributed by atoms with Crippen molar-refractivity contribution in [2.24, 2.45) is 10.9 Å². The second-order valence-electron chi connectivity index (χ2n) is 9.49. The number of likely N-dealkylation sites (N-methyl/N-ethyl adjacent to an activating group) is 1. The first kappa shape index (κ1) is 26.7. The topological polar surface area (TPSA) is 121 Å². The average Bonchev–Trinajstić information content (AvgIpc) is 3.22. The number of fused-ring (bicyclic) bond motifs is 1. The lowest BCUT2D eigenvalue weighted by Crippen LogP contribution is -2.49. The quantitative estimate of drug-likeness (QED) is 0.495. The number of nitrogens with one attached hydrogen (secondary N) is 1. The highest BCUT2D eigenvalue weighted by Gasteiger charge is 2.55. The summed E-state index contributed by atoms with van der Waals surface area (Å²) in [6.45, 7) is 0.143. The van der Waals surface area contributed by atoms with E-state index < -0.39 is 39.8 Å². The molecule has 0 unspecified atom stereocenters. The van der Waals surface area contributed by atoms with Gasteiger partial charge in [0, 0.05) is 47.5 Å². The van der Waals surface area contributed by atoms with Crippen molar-refractivity contribution in [2.75, 3.05) is 27.0 Å². The molecule has 1 N–H and O–H groups in total. The van der Waals surface area contributed by atoms with Crippen molar-refractivity contribution in [3.8, 4) is 0 Å². The number of hydrogen-bond donors (Lipinski definition) is 1. The van der Waals surface area contributed by atoms with Crippen molar-refractivity contribution in [3.05, 3.63) is 62.5 Å². The van der Waals surface area contributed by atoms with Gasteiger partial charge in [0.25, 0.3) is 5.91 Å². The van der Waals surface area contributed by atoms with Gasteiger partial charge in [-0.25, -0.2) is 22.6 Å². The van der Waals surface area contributed by atoms with Gasteiger partial charge in [-0.15, -0.1) is 11.3 Å². The number of benzene rings is 1. The van der Waals surface area contributed by atoms with Gasteiger partial charge in [0.15, 0.2) is 10.8 Å². The molecule has 14 heteroatoms. The predicted molar refractivity (Wildman–Crippen MR) is 140 cm³/mol. The van der Waals surface area contributed by atoms with Crippen LogP contribution in [0.15, 0.2) is 46.0 Å². The van der Waals surface area contributed by atoms with Crippen molar-refractivity contribution in [1.82, 2.24) is 19.5 Å². The number of methoxy groups -OCH3 is 1. The van der Waals surface area contributed by atoms with E-state index in [-0.39, 0.29) is 29.1 Å². The van der Waals surface area contributed by atoms with Gasteiger partial charge in [0.2, 0.25) is 10.0 Å². The Labute approximate surface area is 228 Å². The lowest BCUT2D eigenvalue weighted by Gasteiger charge is -2.36. The number of likely N-dealkylation sites (tertiary alicyclic amines) is 1. The highest BCUT2D eigenvalue weighted by atomic mass is 35.5. The molecule has 2 fully saturated rings. The van der Waals surface area contributed by atoms with Gasteiger partial charge in [-0.05, 0) is 30.9 Å². The lowest BCUT2D eigenvalue weighted by molar-refractivity contribution is -0.136. The van der Waals surface area contributed by atoms with Crippen LogP contribution in [0.1, 0.15) is 29.5 Å². The van der Waals surface area contributed by atoms with Crippen molar-refractivity contribution >= 4 is 50.7 Å². The molecule has 0 bridgehead atoms. The van der Waals surface area contributed by atoms with Crippen LogP contribution in [0.2, 0.25) is 5.02 Å². The van der Waals surface area contributed by atoms with Crippen molar-refractivity contribution < 1.29 is 27.1 Å². The number of esters is 1. The SMILES string of the molecule is COC(=O)C1=C(CN2[C@@H]3C[C@@H]3C[C@H]2C(=O)NS(C)(=O)=O)N(C)C(c2nccs2)=N[C@H]1c1ccc(F)cc1Cl. The molecule has 1 aromatic heterocycles. The molecule has 1 saturated heterocycles. The summed E-state index contributed by atoms with van der Waals surface area (Å²) in [5, 5.41) is 2.48. The van der Waals surface area contributed by atoms with Crippen LogP contribution in [0.4, 0.5) is 4.39 Å². The molecule has 2 aliphatic heterocycles. The molecule has 3 aliphatic rings. The molecule has 0 radical (unpaired) electrons. The molecule has 2 aromatic rings. The second-order valence-corrected chi connectivity index (χ2v) is 12.5. The van der Waals surface area contributed by atoms with Gasteiger partial charge in [-0.2, -0.15) is 0 Å². The molecular formula is C24H25ClFN5O5S2. The molecule has 1 aromatic carbocycles. The van der Waals surface area contributed by atoms with Crippen LogP contribution in [-0.2, 0) is 24.3 Å². The maximum Gasteiger partial charge on any atom is 0.338 e. The number of piperidine rings is 1. The standard InChI is InChI=1S/C24H25ClFN5O5S2/c1-30-18(11-31-16-8-12(16)9-17(31)22(32)29-38(3,34)35)19(24(33)36-2)20(14-5-4-13(26)10-15(14)25)28-21(30)23-27-6-7-37-23/h4-7,10,12,16-17,20H,8-9,11H2,1-3H3,(H,29,32)/t12-,16-,17+,20+/m1/s1. The number of sulfonamides is 1. The second kappa shape index (κ2) is 10.0. The van der Waals surface area contributed by atoms with Gasteiger partial charge in [0.1, 0.15) is 11.9 Å². The first-order chi connectivity index (χ1) is 18.0. The third-order valence-electron chi connectivity index (χ3n) is 7.00. The van der Waals surface area contributed by atoms with E-state index in [4.69, 9.17) is 21.3 Å². The average molecular weight is 582 g/mol. The van der Waals surface area contributed by atoms with Gasteiger partial charge < -0.3 is 9.64 Å². The zero-order valence-electron chi connectivity index (χ0n) is 20.7. The molecule has 38 heavy (non-hydrogen) atoms. The van der Waals surface area contributed by atoms with E-state index in [1.165, 1.54) is 30.6 Å². The van der Waals surface area contributed by atoms with E-state index in [1.54, 1.807) is 23.5 Å². The minimum absolute atomic E-state index is 0.0696. The Balaban J connectivity index is 1.62. The molecule has 4 atom stereocenters. The summed E-state index contributed by atoms with van der Waals surface area (Å²) in [7, 11) is -0.746. The summed E-state index contributed by atoms with van der Waals surface area (Å²) in [4.78, 5) is 39.0. The van der Waals surface area contributed by atoms with E-state index in [9.17, 15) is 22.4 Å². The monoisotopic (exact) mass is 581 g/mol. The number of amidine groups is 1. The fourth-order valence-electron chi connectivity index (χ4n) is 5.20. The Morgan fingerprint density at radius 3 is 2.71 bits per heavy atom. The first-order valence-corrected chi connectivity index (χ1v) is 14.9. The Bertz CT molecular complexity index is 1460. The number of hydrogen-bond acceptors (Lipinski definition) is 10. The van der Waals surface area contributed by atoms with Crippen molar-refractivity contribution in [3.63, 3.8) is 0 Å². The summed E-state index contributed by atoms with van der Waals surface area (Å²) in [5.74, 6) is -1.06. The Kier molecular flexibility index (Phi) is 7.05. The van der Waals surface area contributed by atoms with Gasteiger partial charge in [-0.1, -0.05) is 17.7 Å². The van der Waals surface area contributed by atoms with Gasteiger partial charge in [-0.3, -0.25) is 19.4 Å². The van der Waals surface area contributed by atoms with E-state index in [0.29, 0.717) is 28.5 Å². The number of aliphatic imine (C=N–C) groups is 1. The minimum atomic E-state index is -3.74. The molecule has 1 amide bonds. The highest BCUT2D eigenvalue weighted by Crippen LogP contribution is 2.49. The van der Waals surface area contributed by atoms with E-state index in [1.807, 2.05) is 4.90 Å². The summed E-state index contributed by atoms with van der Waals surface area (Å²) in [6.07, 6.45) is 3.95. The number of carbonyl (C=O) groups is 2. The van der Waals surface area contributed by atoms with E-state index >= 15 is 0 Å². The third-order valence-corrected chi connectivity index (χ3v) is 8.67. The smallest absolute Gasteiger partial charge is 0.338 e. The zero-order chi connectivity index (χ0) is 27.4. The van der Waals surface area contributed by atoms with Crippen LogP contribution in [0.5, 0.6) is 0 Å². The zero-order valence-corrected chi connectivity index (χ0v) is 23.1. The number of halogens is 2. The number of carbonyl (C=O) groups excluding carboxylic acids is 2. The van der Waals surface area contributed by atoms with Gasteiger partial charge in [0.05, 0.1) is 25.0 Å². The third kappa shape index (κ3) is 5.07. The Morgan fingerprint density at radius 1 is 1.32 bits per heavy atom. The fraction of sp³-hybridized carbons (Fsp3) is 0.417. The summed E-state index contributed by atoms with van der Waals surface area (Å²) >= 11 is 7.79. The molecule has 10 nitrogen and oxygen atoms in total. The van der Waals surface area contributed by atoms with E-state index in [2.05, 4.69) is 9.71 Å². The number of aromatic nitrogens is 1. The molecule has 1 saturated carbocycles. The Hall–Kier alpha value is -2.87. The molecule has 0 spiro atoms. The molecule has 1 aliphatic carbocycles. The summed E-state index contributed by atoms with van der Waals surface area (Å²) in [6, 6.07) is 2.33. The van der Waals surface area contributed by atoms with Crippen molar-refractivity contribution in [2.45, 2.75) is 31.0 Å². The van der Waals surface area contributed by atoms with Crippen LogP contribution in [0.25, 0.3) is 0 Å². The summed E-state index contributed by atoms with van der Waals surface area (Å²) < 4.78 is 44.7. The molecule has 202 valence electrons.